The fourth-order valence-electron chi connectivity index (χ4n) is 2.33. The molecule has 0 amide bonds. The van der Waals surface area contributed by atoms with E-state index in [2.05, 4.69) is 59.6 Å². The van der Waals surface area contributed by atoms with Crippen LogP contribution in [0.3, 0.4) is 0 Å². The van der Waals surface area contributed by atoms with Crippen LogP contribution in [0.5, 0.6) is 5.75 Å². The molecule has 2 aromatic rings. The fraction of sp³-hybridized carbons (Fsp3) is 0.474. The summed E-state index contributed by atoms with van der Waals surface area (Å²) in [6.45, 7) is 10.4. The van der Waals surface area contributed by atoms with Crippen molar-refractivity contribution in [3.8, 4) is 5.75 Å². The van der Waals surface area contributed by atoms with Crippen LogP contribution in [0.2, 0.25) is 0 Å². The monoisotopic (exact) mass is 360 g/mol. The maximum Gasteiger partial charge on any atom is 0.191 e. The highest BCUT2D eigenvalue weighted by molar-refractivity contribution is 7.11. The van der Waals surface area contributed by atoms with Crippen molar-refractivity contribution in [2.45, 2.75) is 47.2 Å². The fourth-order valence-corrected chi connectivity index (χ4v) is 3.20. The lowest BCUT2D eigenvalue weighted by Crippen LogP contribution is -2.36. The number of aryl methyl sites for hydroxylation is 3. The molecule has 0 fully saturated rings. The van der Waals surface area contributed by atoms with Crippen LogP contribution >= 0.6 is 11.3 Å². The number of rotatable bonds is 7. The summed E-state index contributed by atoms with van der Waals surface area (Å²) in [6, 6.07) is 6.30. The van der Waals surface area contributed by atoms with E-state index in [4.69, 9.17) is 4.74 Å². The number of aromatic nitrogens is 1. The molecular weight excluding hydrogens is 332 g/mol. The van der Waals surface area contributed by atoms with E-state index >= 15 is 0 Å². The van der Waals surface area contributed by atoms with Gasteiger partial charge in [0.25, 0.3) is 0 Å². The minimum Gasteiger partial charge on any atom is -0.493 e. The summed E-state index contributed by atoms with van der Waals surface area (Å²) in [6.07, 6.45) is 0.997. The molecular formula is C19H28N4OS. The Morgan fingerprint density at radius 2 is 1.96 bits per heavy atom. The Morgan fingerprint density at radius 1 is 1.20 bits per heavy atom. The molecule has 2 rings (SSSR count). The molecule has 0 aliphatic rings. The summed E-state index contributed by atoms with van der Waals surface area (Å²) in [7, 11) is 1.78. The number of nitrogens with one attached hydrogen (secondary N) is 2. The van der Waals surface area contributed by atoms with E-state index in [9.17, 15) is 0 Å². The van der Waals surface area contributed by atoms with E-state index in [-0.39, 0.29) is 0 Å². The molecule has 0 atom stereocenters. The van der Waals surface area contributed by atoms with Gasteiger partial charge in [0.2, 0.25) is 0 Å². The topological polar surface area (TPSA) is 58.5 Å². The molecule has 1 heterocycles. The minimum absolute atomic E-state index is 0.662. The van der Waals surface area contributed by atoms with Gasteiger partial charge in [-0.2, -0.15) is 0 Å². The Balaban J connectivity index is 1.94. The van der Waals surface area contributed by atoms with Crippen molar-refractivity contribution in [3.05, 3.63) is 44.9 Å². The van der Waals surface area contributed by atoms with Crippen LogP contribution < -0.4 is 15.4 Å². The van der Waals surface area contributed by atoms with Crippen LogP contribution in [0.25, 0.3) is 0 Å². The van der Waals surface area contributed by atoms with Gasteiger partial charge in [-0.15, -0.1) is 11.3 Å². The third kappa shape index (κ3) is 5.74. The number of hydrogen-bond donors (Lipinski definition) is 2. The van der Waals surface area contributed by atoms with Gasteiger partial charge in [0, 0.05) is 24.0 Å². The Hall–Kier alpha value is -2.08. The Bertz CT molecular complexity index is 705. The van der Waals surface area contributed by atoms with Gasteiger partial charge < -0.3 is 15.4 Å². The first-order valence-electron chi connectivity index (χ1n) is 8.63. The first kappa shape index (κ1) is 19.2. The molecule has 1 aromatic carbocycles. The Labute approximate surface area is 154 Å². The summed E-state index contributed by atoms with van der Waals surface area (Å²) < 4.78 is 5.87. The molecule has 25 heavy (non-hydrogen) atoms. The highest BCUT2D eigenvalue weighted by Crippen LogP contribution is 2.20. The van der Waals surface area contributed by atoms with Crippen molar-refractivity contribution in [2.75, 3.05) is 13.7 Å². The second-order valence-corrected chi connectivity index (χ2v) is 7.28. The standard InChI is InChI=1S/C19H28N4OS/c1-6-9-24-17-10-13(2)7-8-16(17)11-21-19(20-5)22-12-18-23-14(3)15(4)25-18/h7-8,10H,6,9,11-12H2,1-5H3,(H2,20,21,22). The maximum atomic E-state index is 5.87. The van der Waals surface area contributed by atoms with E-state index in [0.717, 1.165) is 41.0 Å². The SMILES string of the molecule is CCCOc1cc(C)ccc1CNC(=NC)NCc1nc(C)c(C)s1. The van der Waals surface area contributed by atoms with Gasteiger partial charge in [-0.05, 0) is 38.8 Å². The Kier molecular flexibility index (Phi) is 7.25. The van der Waals surface area contributed by atoms with Gasteiger partial charge in [-0.3, -0.25) is 4.99 Å². The number of aliphatic imine (C=N–C) groups is 1. The number of ether oxygens (including phenoxy) is 1. The molecule has 0 saturated carbocycles. The largest absolute Gasteiger partial charge is 0.493 e. The van der Waals surface area contributed by atoms with Crippen molar-refractivity contribution >= 4 is 17.3 Å². The second-order valence-electron chi connectivity index (χ2n) is 5.99. The molecule has 0 radical (unpaired) electrons. The summed E-state index contributed by atoms with van der Waals surface area (Å²) in [5.41, 5.74) is 3.43. The lowest BCUT2D eigenvalue weighted by atomic mass is 10.1. The summed E-state index contributed by atoms with van der Waals surface area (Å²) >= 11 is 1.72. The number of guanidine groups is 1. The third-order valence-corrected chi connectivity index (χ3v) is 4.91. The maximum absolute atomic E-state index is 5.87. The van der Waals surface area contributed by atoms with Crippen molar-refractivity contribution in [1.29, 1.82) is 0 Å². The smallest absolute Gasteiger partial charge is 0.191 e. The first-order valence-corrected chi connectivity index (χ1v) is 9.44. The molecule has 5 nitrogen and oxygen atoms in total. The molecule has 2 N–H and O–H groups in total. The molecule has 0 spiro atoms. The molecule has 6 heteroatoms. The molecule has 0 aliphatic heterocycles. The van der Waals surface area contributed by atoms with Crippen molar-refractivity contribution in [2.24, 2.45) is 4.99 Å². The quantitative estimate of drug-likeness (QED) is 0.584. The lowest BCUT2D eigenvalue weighted by molar-refractivity contribution is 0.313. The number of nitrogens with zero attached hydrogens (tertiary/aromatic N) is 2. The highest BCUT2D eigenvalue weighted by Gasteiger charge is 2.07. The molecule has 0 unspecified atom stereocenters. The van der Waals surface area contributed by atoms with E-state index in [1.807, 2.05) is 6.92 Å². The van der Waals surface area contributed by atoms with Gasteiger partial charge >= 0.3 is 0 Å². The van der Waals surface area contributed by atoms with E-state index in [0.29, 0.717) is 13.1 Å². The molecule has 136 valence electrons. The van der Waals surface area contributed by atoms with Gasteiger partial charge in [-0.1, -0.05) is 19.1 Å². The average Bonchev–Trinajstić information content (AvgIpc) is 2.92. The molecule has 0 aliphatic carbocycles. The van der Waals surface area contributed by atoms with E-state index in [1.54, 1.807) is 18.4 Å². The zero-order valence-electron chi connectivity index (χ0n) is 15.8. The van der Waals surface area contributed by atoms with Crippen LogP contribution in [-0.4, -0.2) is 24.6 Å². The van der Waals surface area contributed by atoms with E-state index in [1.165, 1.54) is 10.4 Å². The predicted octanol–water partition coefficient (Wildman–Crippen LogP) is 3.72. The normalized spacial score (nSPS) is 11.5. The highest BCUT2D eigenvalue weighted by atomic mass is 32.1. The summed E-state index contributed by atoms with van der Waals surface area (Å²) in [4.78, 5) is 10.1. The van der Waals surface area contributed by atoms with E-state index < -0.39 is 0 Å². The predicted molar refractivity (Wildman–Crippen MR) is 106 cm³/mol. The van der Waals surface area contributed by atoms with Crippen LogP contribution in [-0.2, 0) is 13.1 Å². The van der Waals surface area contributed by atoms with Crippen molar-refractivity contribution < 1.29 is 4.74 Å². The number of benzene rings is 1. The first-order chi connectivity index (χ1) is 12.0. The van der Waals surface area contributed by atoms with Crippen molar-refractivity contribution in [1.82, 2.24) is 15.6 Å². The van der Waals surface area contributed by atoms with Crippen LogP contribution in [0, 0.1) is 20.8 Å². The Morgan fingerprint density at radius 3 is 2.60 bits per heavy atom. The average molecular weight is 361 g/mol. The molecule has 0 bridgehead atoms. The number of hydrogen-bond acceptors (Lipinski definition) is 4. The number of thiazole rings is 1. The lowest BCUT2D eigenvalue weighted by Gasteiger charge is -2.15. The zero-order valence-corrected chi connectivity index (χ0v) is 16.6. The van der Waals surface area contributed by atoms with Gasteiger partial charge in [0.05, 0.1) is 18.8 Å². The summed E-state index contributed by atoms with van der Waals surface area (Å²) in [5, 5.41) is 7.74. The van der Waals surface area contributed by atoms with Gasteiger partial charge in [0.15, 0.2) is 5.96 Å². The van der Waals surface area contributed by atoms with Gasteiger partial charge in [-0.25, -0.2) is 4.98 Å². The second kappa shape index (κ2) is 9.42. The third-order valence-electron chi connectivity index (χ3n) is 3.83. The minimum atomic E-state index is 0.662. The molecule has 1 aromatic heterocycles. The van der Waals surface area contributed by atoms with Crippen molar-refractivity contribution in [3.63, 3.8) is 0 Å². The zero-order chi connectivity index (χ0) is 18.2. The van der Waals surface area contributed by atoms with Crippen LogP contribution in [0.4, 0.5) is 0 Å². The summed E-state index contributed by atoms with van der Waals surface area (Å²) in [5.74, 6) is 1.70. The molecule has 0 saturated heterocycles. The van der Waals surface area contributed by atoms with Crippen LogP contribution in [0.1, 0.15) is 40.1 Å². The van der Waals surface area contributed by atoms with Gasteiger partial charge in [0.1, 0.15) is 10.8 Å². The van der Waals surface area contributed by atoms with Crippen LogP contribution in [0.15, 0.2) is 23.2 Å².